The molecule has 0 rings (SSSR count). The Hall–Kier alpha value is -1.27. The van der Waals surface area contributed by atoms with Crippen LogP contribution in [0.2, 0.25) is 0 Å². The molecule has 0 aromatic rings. The van der Waals surface area contributed by atoms with Crippen LogP contribution in [-0.4, -0.2) is 66.1 Å². The normalized spacial score (nSPS) is 15.9. The van der Waals surface area contributed by atoms with Gasteiger partial charge in [-0.25, -0.2) is 0 Å². The summed E-state index contributed by atoms with van der Waals surface area (Å²) in [4.78, 5) is 0. The van der Waals surface area contributed by atoms with E-state index in [0.717, 1.165) is 0 Å². The zero-order valence-corrected chi connectivity index (χ0v) is 14.8. The summed E-state index contributed by atoms with van der Waals surface area (Å²) >= 11 is 0. The van der Waals surface area contributed by atoms with Crippen molar-refractivity contribution in [2.45, 2.75) is 67.1 Å². The van der Waals surface area contributed by atoms with Gasteiger partial charge in [-0.1, -0.05) is 0 Å². The molecule has 0 aromatic heterocycles. The predicted molar refractivity (Wildman–Crippen MR) is 67.6 cm³/mol. The molecule has 0 aliphatic carbocycles. The molecule has 0 aliphatic rings. The minimum atomic E-state index is -8.34. The molecule has 0 atom stereocenters. The fraction of sp³-hybridized carbons (Fsp3) is 1.00. The highest BCUT2D eigenvalue weighted by molar-refractivity contribution is 5.13. The second-order valence-electron chi connectivity index (χ2n) is 6.13. The number of aliphatic hydroxyl groups excluding tert-OH is 1. The van der Waals surface area contributed by atoms with E-state index in [9.17, 15) is 74.6 Å². The van der Waals surface area contributed by atoms with Gasteiger partial charge >= 0.3 is 47.8 Å². The SMILES string of the molecule is OCCOC(F)(F)C(F)(F)C(F)(F)C(F)(F)C(F)(F)C(F)(F)C(F)(F)CCCC(F)(F)F. The second kappa shape index (κ2) is 8.83. The molecule has 0 amide bonds. The minimum Gasteiger partial charge on any atom is -0.394 e. The Morgan fingerprint density at radius 1 is 0.500 bits per heavy atom. The van der Waals surface area contributed by atoms with Crippen molar-refractivity contribution in [3.63, 3.8) is 0 Å². The first-order valence-corrected chi connectivity index (χ1v) is 7.73. The third kappa shape index (κ3) is 5.11. The number of halogens is 17. The van der Waals surface area contributed by atoms with Crippen molar-refractivity contribution in [3.8, 4) is 0 Å². The molecule has 19 heteroatoms. The van der Waals surface area contributed by atoms with Crippen molar-refractivity contribution < 1.29 is 84.5 Å². The summed E-state index contributed by atoms with van der Waals surface area (Å²) in [6, 6.07) is 0. The zero-order valence-electron chi connectivity index (χ0n) is 14.8. The highest BCUT2D eigenvalue weighted by Crippen LogP contribution is 2.62. The van der Waals surface area contributed by atoms with Crippen LogP contribution in [0, 0.1) is 0 Å². The van der Waals surface area contributed by atoms with Gasteiger partial charge in [-0.15, -0.1) is 0 Å². The van der Waals surface area contributed by atoms with Crippen LogP contribution in [-0.2, 0) is 4.74 Å². The van der Waals surface area contributed by atoms with Crippen molar-refractivity contribution in [2.24, 2.45) is 0 Å². The molecule has 0 spiro atoms. The molecular weight excluding hydrogens is 511 g/mol. The number of rotatable bonds is 12. The number of aliphatic hydroxyl groups is 1. The molecule has 0 aromatic carbocycles. The van der Waals surface area contributed by atoms with Gasteiger partial charge in [0.05, 0.1) is 13.2 Å². The third-order valence-corrected chi connectivity index (χ3v) is 3.73. The summed E-state index contributed by atoms with van der Waals surface area (Å²) in [7, 11) is 0. The second-order valence-corrected chi connectivity index (χ2v) is 6.13. The highest BCUT2D eigenvalue weighted by Gasteiger charge is 2.93. The smallest absolute Gasteiger partial charge is 0.394 e. The first kappa shape index (κ1) is 30.7. The van der Waals surface area contributed by atoms with E-state index in [-0.39, 0.29) is 0 Å². The quantitative estimate of drug-likeness (QED) is 0.313. The van der Waals surface area contributed by atoms with Crippen molar-refractivity contribution >= 4 is 0 Å². The van der Waals surface area contributed by atoms with Crippen LogP contribution in [0.5, 0.6) is 0 Å². The average molecular weight is 522 g/mol. The van der Waals surface area contributed by atoms with E-state index in [1.807, 2.05) is 0 Å². The standard InChI is InChI=1S/C13H11F17O2/c14-6(15,2-1-3-7(16,17)18)8(19,20)9(21,22)10(23,24)11(25,26)12(27,28)13(29,30)32-5-4-31/h31H,1-5H2. The van der Waals surface area contributed by atoms with Crippen molar-refractivity contribution in [1.82, 2.24) is 0 Å². The molecule has 0 unspecified atom stereocenters. The molecule has 0 aliphatic heterocycles. The van der Waals surface area contributed by atoms with Crippen molar-refractivity contribution in [3.05, 3.63) is 0 Å². The molecule has 0 bridgehead atoms. The molecule has 0 fully saturated rings. The highest BCUT2D eigenvalue weighted by atomic mass is 19.4. The lowest BCUT2D eigenvalue weighted by Gasteiger charge is -2.42. The molecule has 0 heterocycles. The van der Waals surface area contributed by atoms with Gasteiger partial charge in [0, 0.05) is 12.8 Å². The van der Waals surface area contributed by atoms with Gasteiger partial charge in [0.15, 0.2) is 0 Å². The Bertz CT molecular complexity index is 624. The Labute approximate surface area is 166 Å². The lowest BCUT2D eigenvalue weighted by Crippen LogP contribution is -2.73. The summed E-state index contributed by atoms with van der Waals surface area (Å²) < 4.78 is 225. The van der Waals surface area contributed by atoms with Gasteiger partial charge in [0.2, 0.25) is 0 Å². The Kier molecular flexibility index (Phi) is 8.48. The van der Waals surface area contributed by atoms with Crippen LogP contribution in [0.4, 0.5) is 74.6 Å². The monoisotopic (exact) mass is 522 g/mol. The summed E-state index contributed by atoms with van der Waals surface area (Å²) in [5.74, 6) is -46.8. The number of hydrogen-bond donors (Lipinski definition) is 1. The van der Waals surface area contributed by atoms with E-state index in [4.69, 9.17) is 5.11 Å². The molecule has 0 radical (unpaired) electrons. The van der Waals surface area contributed by atoms with Gasteiger partial charge in [-0.2, -0.15) is 74.6 Å². The van der Waals surface area contributed by atoms with Gasteiger partial charge in [0.25, 0.3) is 0 Å². The number of hydrogen-bond acceptors (Lipinski definition) is 2. The van der Waals surface area contributed by atoms with E-state index in [1.165, 1.54) is 0 Å². The fourth-order valence-corrected chi connectivity index (χ4v) is 1.94. The van der Waals surface area contributed by atoms with Crippen LogP contribution < -0.4 is 0 Å². The van der Waals surface area contributed by atoms with Crippen LogP contribution >= 0.6 is 0 Å². The molecule has 2 nitrogen and oxygen atoms in total. The van der Waals surface area contributed by atoms with E-state index < -0.39 is 80.3 Å². The number of ether oxygens (including phenoxy) is 1. The van der Waals surface area contributed by atoms with Gasteiger partial charge < -0.3 is 9.84 Å². The van der Waals surface area contributed by atoms with Crippen molar-refractivity contribution in [1.29, 1.82) is 0 Å². The summed E-state index contributed by atoms with van der Waals surface area (Å²) in [6.45, 7) is -3.61. The maximum absolute atomic E-state index is 13.5. The Morgan fingerprint density at radius 3 is 1.25 bits per heavy atom. The lowest BCUT2D eigenvalue weighted by molar-refractivity contribution is -0.466. The Morgan fingerprint density at radius 2 is 0.875 bits per heavy atom. The third-order valence-electron chi connectivity index (χ3n) is 3.73. The van der Waals surface area contributed by atoms with E-state index in [1.54, 1.807) is 0 Å². The lowest BCUT2D eigenvalue weighted by atomic mass is 9.89. The fourth-order valence-electron chi connectivity index (χ4n) is 1.94. The van der Waals surface area contributed by atoms with Crippen molar-refractivity contribution in [2.75, 3.05) is 13.2 Å². The van der Waals surface area contributed by atoms with Crippen LogP contribution in [0.15, 0.2) is 0 Å². The molecular formula is C13H11F17O2. The summed E-state index contributed by atoms with van der Waals surface area (Å²) in [5, 5.41) is 8.09. The summed E-state index contributed by atoms with van der Waals surface area (Å²) in [5.41, 5.74) is 0. The average Bonchev–Trinajstić information content (AvgIpc) is 2.57. The first-order valence-electron chi connectivity index (χ1n) is 7.73. The molecule has 0 saturated heterocycles. The maximum atomic E-state index is 13.5. The minimum absolute atomic E-state index is 1.63. The molecule has 1 N–H and O–H groups in total. The topological polar surface area (TPSA) is 29.5 Å². The number of alkyl halides is 17. The van der Waals surface area contributed by atoms with E-state index >= 15 is 0 Å². The molecule has 194 valence electrons. The zero-order chi connectivity index (χ0) is 26.2. The van der Waals surface area contributed by atoms with Gasteiger partial charge in [-0.3, -0.25) is 0 Å². The van der Waals surface area contributed by atoms with Crippen LogP contribution in [0.25, 0.3) is 0 Å². The molecule has 0 saturated carbocycles. The van der Waals surface area contributed by atoms with E-state index in [0.29, 0.717) is 0 Å². The largest absolute Gasteiger partial charge is 0.426 e. The van der Waals surface area contributed by atoms with Gasteiger partial charge in [0.1, 0.15) is 0 Å². The van der Waals surface area contributed by atoms with E-state index in [2.05, 4.69) is 4.74 Å². The maximum Gasteiger partial charge on any atom is 0.426 e. The predicted octanol–water partition coefficient (Wildman–Crippen LogP) is 6.13. The van der Waals surface area contributed by atoms with Crippen LogP contribution in [0.3, 0.4) is 0 Å². The van der Waals surface area contributed by atoms with Crippen LogP contribution in [0.1, 0.15) is 19.3 Å². The first-order chi connectivity index (χ1) is 13.8. The summed E-state index contributed by atoms with van der Waals surface area (Å²) in [6.07, 6.45) is -19.6. The molecule has 32 heavy (non-hydrogen) atoms. The van der Waals surface area contributed by atoms with Gasteiger partial charge in [-0.05, 0) is 6.42 Å². The Balaban J connectivity index is 6.23.